The molecule has 208 valence electrons. The Balaban J connectivity index is 0.000000276. The second-order valence-corrected chi connectivity index (χ2v) is 9.18. The smallest absolute Gasteiger partial charge is 0.359 e. The maximum absolute atomic E-state index is 13.6. The van der Waals surface area contributed by atoms with Crippen LogP contribution in [0.4, 0.5) is 28.9 Å². The van der Waals surface area contributed by atoms with E-state index < -0.39 is 22.9 Å². The average molecular weight is 561 g/mol. The van der Waals surface area contributed by atoms with Crippen LogP contribution in [0.3, 0.4) is 0 Å². The zero-order chi connectivity index (χ0) is 28.8. The van der Waals surface area contributed by atoms with Gasteiger partial charge >= 0.3 is 6.18 Å². The summed E-state index contributed by atoms with van der Waals surface area (Å²) >= 11 is 6.28. The highest BCUT2D eigenvalue weighted by atomic mass is 35.5. The molecule has 0 heterocycles. The molecule has 0 saturated heterocycles. The number of carbonyl (C=O) groups excluding carboxylic acids is 1. The van der Waals surface area contributed by atoms with Crippen LogP contribution in [0.1, 0.15) is 55.7 Å². The van der Waals surface area contributed by atoms with Gasteiger partial charge in [-0.15, -0.1) is 11.6 Å². The molecule has 3 rings (SSSR count). The summed E-state index contributed by atoms with van der Waals surface area (Å²) in [5.41, 5.74) is 3.54. The molecular weight excluding hydrogens is 528 g/mol. The molecule has 3 aromatic carbocycles. The molecule has 0 radical (unpaired) electrons. The Morgan fingerprint density at radius 2 is 1.69 bits per heavy atom. The number of carbonyl (C=O) groups is 1. The SMILES string of the molecule is CC/C=C(/C=C(/C)Nc1cccc(CCC)c1)C(F)(F)F.O=CNc1ccc(C(Cl)c2ccccc2)cc1F. The van der Waals surface area contributed by atoms with Crippen molar-refractivity contribution < 1.29 is 22.4 Å². The summed E-state index contributed by atoms with van der Waals surface area (Å²) in [5.74, 6) is -0.499. The molecule has 1 unspecified atom stereocenters. The van der Waals surface area contributed by atoms with Gasteiger partial charge in [0.25, 0.3) is 0 Å². The van der Waals surface area contributed by atoms with E-state index in [-0.39, 0.29) is 5.69 Å². The lowest BCUT2D eigenvalue weighted by atomic mass is 10.0. The third-order valence-electron chi connectivity index (χ3n) is 5.52. The molecule has 0 aliphatic heterocycles. The zero-order valence-electron chi connectivity index (χ0n) is 22.2. The summed E-state index contributed by atoms with van der Waals surface area (Å²) in [6, 6.07) is 21.7. The van der Waals surface area contributed by atoms with Crippen LogP contribution in [-0.2, 0) is 11.2 Å². The summed E-state index contributed by atoms with van der Waals surface area (Å²) in [6.07, 6.45) is 0.813. The van der Waals surface area contributed by atoms with Crippen molar-refractivity contribution in [3.8, 4) is 0 Å². The van der Waals surface area contributed by atoms with E-state index in [1.807, 2.05) is 54.6 Å². The molecule has 3 nitrogen and oxygen atoms in total. The maximum Gasteiger partial charge on any atom is 0.416 e. The Labute approximate surface area is 232 Å². The second-order valence-electron chi connectivity index (χ2n) is 8.74. The van der Waals surface area contributed by atoms with E-state index in [0.29, 0.717) is 24.1 Å². The number of alkyl halides is 4. The highest BCUT2D eigenvalue weighted by molar-refractivity contribution is 6.22. The lowest BCUT2D eigenvalue weighted by Gasteiger charge is -2.12. The van der Waals surface area contributed by atoms with E-state index in [2.05, 4.69) is 17.6 Å². The number of halogens is 5. The van der Waals surface area contributed by atoms with Crippen molar-refractivity contribution in [2.45, 2.75) is 51.6 Å². The molecule has 0 fully saturated rings. The van der Waals surface area contributed by atoms with Gasteiger partial charge in [-0.2, -0.15) is 13.2 Å². The van der Waals surface area contributed by atoms with E-state index in [4.69, 9.17) is 11.6 Å². The Bertz CT molecular complexity index is 1260. The number of amides is 1. The molecule has 0 saturated carbocycles. The van der Waals surface area contributed by atoms with Gasteiger partial charge in [0.2, 0.25) is 6.41 Å². The van der Waals surface area contributed by atoms with E-state index >= 15 is 0 Å². The Morgan fingerprint density at radius 1 is 0.974 bits per heavy atom. The lowest BCUT2D eigenvalue weighted by molar-refractivity contribution is -0.105. The summed E-state index contributed by atoms with van der Waals surface area (Å²) in [4.78, 5) is 10.3. The molecule has 0 aliphatic carbocycles. The van der Waals surface area contributed by atoms with Gasteiger partial charge < -0.3 is 10.6 Å². The van der Waals surface area contributed by atoms with E-state index in [0.717, 1.165) is 30.2 Å². The molecule has 0 aromatic heterocycles. The molecular formula is C31H33ClF4N2O. The number of hydrogen-bond donors (Lipinski definition) is 2. The molecule has 2 N–H and O–H groups in total. The van der Waals surface area contributed by atoms with Gasteiger partial charge in [0.15, 0.2) is 0 Å². The van der Waals surface area contributed by atoms with Crippen molar-refractivity contribution in [2.24, 2.45) is 0 Å². The van der Waals surface area contributed by atoms with Gasteiger partial charge in [0.1, 0.15) is 5.82 Å². The molecule has 0 aliphatic rings. The zero-order valence-corrected chi connectivity index (χ0v) is 22.9. The molecule has 0 bridgehead atoms. The number of nitrogens with one attached hydrogen (secondary N) is 2. The number of allylic oxidation sites excluding steroid dienone is 4. The van der Waals surface area contributed by atoms with Crippen LogP contribution in [-0.4, -0.2) is 12.6 Å². The third kappa shape index (κ3) is 10.6. The molecule has 39 heavy (non-hydrogen) atoms. The first-order valence-corrected chi connectivity index (χ1v) is 13.0. The number of hydrogen-bond acceptors (Lipinski definition) is 2. The fourth-order valence-electron chi connectivity index (χ4n) is 3.75. The monoisotopic (exact) mass is 560 g/mol. The van der Waals surface area contributed by atoms with E-state index in [1.54, 1.807) is 19.9 Å². The van der Waals surface area contributed by atoms with Gasteiger partial charge in [-0.05, 0) is 66.8 Å². The van der Waals surface area contributed by atoms with Gasteiger partial charge in [-0.25, -0.2) is 4.39 Å². The Hall–Kier alpha value is -3.58. The highest BCUT2D eigenvalue weighted by Crippen LogP contribution is 2.31. The minimum atomic E-state index is -4.32. The first kappa shape index (κ1) is 31.6. The van der Waals surface area contributed by atoms with Crippen molar-refractivity contribution >= 4 is 29.4 Å². The van der Waals surface area contributed by atoms with Gasteiger partial charge in [-0.1, -0.05) is 74.9 Å². The van der Waals surface area contributed by atoms with Crippen LogP contribution >= 0.6 is 11.6 Å². The van der Waals surface area contributed by atoms with E-state index in [9.17, 15) is 22.4 Å². The van der Waals surface area contributed by atoms with Crippen LogP contribution in [0.25, 0.3) is 0 Å². The lowest BCUT2D eigenvalue weighted by Crippen LogP contribution is -2.11. The Morgan fingerprint density at radius 3 is 2.28 bits per heavy atom. The minimum Gasteiger partial charge on any atom is -0.359 e. The fraction of sp³-hybridized carbons (Fsp3) is 0.258. The largest absolute Gasteiger partial charge is 0.416 e. The standard InChI is InChI=1S/C17H22F3N.C14H11ClFNO/c1-4-7-14-9-6-10-16(12-14)21-13(3)11-15(8-5-2)17(18,19)20;15-14(10-4-2-1-3-5-10)11-6-7-13(17-9-18)12(16)8-11/h6,8-12,21H,4-5,7H2,1-3H3;1-9,14H,(H,17,18)/b13-11-,15-8-;. The van der Waals surface area contributed by atoms with Gasteiger partial charge in [0.05, 0.1) is 16.6 Å². The third-order valence-corrected chi connectivity index (χ3v) is 6.03. The van der Waals surface area contributed by atoms with Crippen molar-refractivity contribution in [3.63, 3.8) is 0 Å². The van der Waals surface area contributed by atoms with Crippen molar-refractivity contribution in [1.82, 2.24) is 0 Å². The second kappa shape index (κ2) is 15.7. The number of benzene rings is 3. The summed E-state index contributed by atoms with van der Waals surface area (Å²) in [6.45, 7) is 5.43. The quantitative estimate of drug-likeness (QED) is 0.112. The summed E-state index contributed by atoms with van der Waals surface area (Å²) < 4.78 is 52.1. The first-order chi connectivity index (χ1) is 18.6. The fourth-order valence-corrected chi connectivity index (χ4v) is 4.03. The normalized spacial score (nSPS) is 12.7. The molecule has 3 aromatic rings. The van der Waals surface area contributed by atoms with Gasteiger partial charge in [0, 0.05) is 11.4 Å². The number of aryl methyl sites for hydroxylation is 1. The Kier molecular flexibility index (Phi) is 12.8. The van der Waals surface area contributed by atoms with Crippen molar-refractivity contribution in [2.75, 3.05) is 10.6 Å². The van der Waals surface area contributed by atoms with Crippen LogP contribution in [0.2, 0.25) is 0 Å². The minimum absolute atomic E-state index is 0.144. The van der Waals surface area contributed by atoms with Gasteiger partial charge in [-0.3, -0.25) is 4.79 Å². The molecule has 1 amide bonds. The molecule has 8 heteroatoms. The van der Waals surface area contributed by atoms with Crippen LogP contribution in [0.5, 0.6) is 0 Å². The topological polar surface area (TPSA) is 41.1 Å². The van der Waals surface area contributed by atoms with E-state index in [1.165, 1.54) is 23.8 Å². The average Bonchev–Trinajstić information content (AvgIpc) is 2.90. The van der Waals surface area contributed by atoms with Crippen LogP contribution in [0, 0.1) is 5.82 Å². The first-order valence-electron chi connectivity index (χ1n) is 12.6. The van der Waals surface area contributed by atoms with Crippen LogP contribution in [0.15, 0.2) is 96.2 Å². The number of rotatable bonds is 10. The number of anilines is 2. The highest BCUT2D eigenvalue weighted by Gasteiger charge is 2.31. The summed E-state index contributed by atoms with van der Waals surface area (Å²) in [5, 5.41) is 4.89. The predicted molar refractivity (Wildman–Crippen MR) is 152 cm³/mol. The summed E-state index contributed by atoms with van der Waals surface area (Å²) in [7, 11) is 0. The predicted octanol–water partition coefficient (Wildman–Crippen LogP) is 9.58. The van der Waals surface area contributed by atoms with Crippen molar-refractivity contribution in [3.05, 3.63) is 119 Å². The van der Waals surface area contributed by atoms with Crippen LogP contribution < -0.4 is 10.6 Å². The molecule has 0 spiro atoms. The van der Waals surface area contributed by atoms with Crippen molar-refractivity contribution in [1.29, 1.82) is 0 Å². The maximum atomic E-state index is 13.6. The molecule has 1 atom stereocenters.